The predicted molar refractivity (Wildman–Crippen MR) is 78.3 cm³/mol. The molecule has 0 unspecified atom stereocenters. The van der Waals surface area contributed by atoms with Crippen molar-refractivity contribution in [1.82, 2.24) is 0 Å². The minimum atomic E-state index is -0.927. The highest BCUT2D eigenvalue weighted by Crippen LogP contribution is 2.44. The van der Waals surface area contributed by atoms with Crippen LogP contribution in [0.3, 0.4) is 0 Å². The highest BCUT2D eigenvalue weighted by Gasteiger charge is 2.53. The van der Waals surface area contributed by atoms with Gasteiger partial charge in [-0.15, -0.1) is 0 Å². The first-order valence-corrected chi connectivity index (χ1v) is 7.25. The third kappa shape index (κ3) is 3.04. The van der Waals surface area contributed by atoms with Crippen molar-refractivity contribution in [2.24, 2.45) is 11.8 Å². The largest absolute Gasteiger partial charge is 0.466 e. The maximum atomic E-state index is 12.2. The van der Waals surface area contributed by atoms with E-state index in [1.54, 1.807) is 12.2 Å². The first-order chi connectivity index (χ1) is 11.3. The fourth-order valence-corrected chi connectivity index (χ4v) is 3.12. The fraction of sp³-hybridized carbons (Fsp3) is 0.500. The van der Waals surface area contributed by atoms with E-state index in [0.29, 0.717) is 0 Å². The third-order valence-electron chi connectivity index (χ3n) is 3.93. The molecule has 0 saturated heterocycles. The summed E-state index contributed by atoms with van der Waals surface area (Å²) in [6.07, 6.45) is 1.42. The van der Waals surface area contributed by atoms with Crippen LogP contribution in [0, 0.1) is 11.8 Å². The second-order valence-corrected chi connectivity index (χ2v) is 5.40. The van der Waals surface area contributed by atoms with Gasteiger partial charge in [0.1, 0.15) is 12.2 Å². The lowest BCUT2D eigenvalue weighted by molar-refractivity contribution is -0.174. The number of fused-ring (bicyclic) bond motifs is 1. The van der Waals surface area contributed by atoms with Gasteiger partial charge in [-0.3, -0.25) is 9.59 Å². The maximum absolute atomic E-state index is 12.2. The van der Waals surface area contributed by atoms with Crippen molar-refractivity contribution >= 4 is 23.9 Å². The van der Waals surface area contributed by atoms with Gasteiger partial charge in [0.05, 0.1) is 37.2 Å². The molecule has 4 atom stereocenters. The summed E-state index contributed by atoms with van der Waals surface area (Å²) in [5, 5.41) is 0. The third-order valence-corrected chi connectivity index (χ3v) is 3.93. The molecule has 2 bridgehead atoms. The van der Waals surface area contributed by atoms with Crippen molar-refractivity contribution in [2.45, 2.75) is 26.1 Å². The van der Waals surface area contributed by atoms with Crippen molar-refractivity contribution in [1.29, 1.82) is 0 Å². The molecule has 0 amide bonds. The van der Waals surface area contributed by atoms with Crippen LogP contribution in [-0.2, 0) is 38.1 Å². The molecular weight excluding hydrogens is 320 g/mol. The zero-order valence-corrected chi connectivity index (χ0v) is 13.7. The first-order valence-electron chi connectivity index (χ1n) is 7.25. The molecule has 0 fully saturated rings. The Labute approximate surface area is 138 Å². The average Bonchev–Trinajstić information content (AvgIpc) is 2.54. The molecule has 130 valence electrons. The second kappa shape index (κ2) is 6.86. The van der Waals surface area contributed by atoms with Gasteiger partial charge >= 0.3 is 23.9 Å². The van der Waals surface area contributed by atoms with E-state index in [9.17, 15) is 19.2 Å². The summed E-state index contributed by atoms with van der Waals surface area (Å²) in [7, 11) is 2.36. The van der Waals surface area contributed by atoms with Crippen LogP contribution < -0.4 is 0 Å². The second-order valence-electron chi connectivity index (χ2n) is 5.40. The SMILES string of the molecule is COC(=O)C1=C(C(=O)OC)[C@@H]2C=C[C@H]1[C@@H](OC(C)=O)[C@@H]2OC(C)=O. The van der Waals surface area contributed by atoms with Crippen molar-refractivity contribution in [2.75, 3.05) is 14.2 Å². The van der Waals surface area contributed by atoms with Gasteiger partial charge in [-0.2, -0.15) is 0 Å². The Morgan fingerprint density at radius 3 is 1.33 bits per heavy atom. The molecule has 0 heterocycles. The number of carbonyl (C=O) groups is 4. The highest BCUT2D eigenvalue weighted by atomic mass is 16.6. The van der Waals surface area contributed by atoms with Crippen molar-refractivity contribution in [3.8, 4) is 0 Å². The van der Waals surface area contributed by atoms with Crippen molar-refractivity contribution in [3.05, 3.63) is 23.3 Å². The Hall–Kier alpha value is -2.64. The summed E-state index contributed by atoms with van der Waals surface area (Å²) in [6, 6.07) is 0. The van der Waals surface area contributed by atoms with Gasteiger partial charge in [0.25, 0.3) is 0 Å². The van der Waals surface area contributed by atoms with E-state index in [1.165, 1.54) is 28.1 Å². The number of methoxy groups -OCH3 is 2. The smallest absolute Gasteiger partial charge is 0.335 e. The Morgan fingerprint density at radius 2 is 1.08 bits per heavy atom. The van der Waals surface area contributed by atoms with Crippen LogP contribution in [0.1, 0.15) is 13.8 Å². The highest BCUT2D eigenvalue weighted by molar-refractivity contribution is 6.03. The molecule has 0 aliphatic heterocycles. The van der Waals surface area contributed by atoms with Gasteiger partial charge in [0.2, 0.25) is 0 Å². The molecule has 0 radical (unpaired) electrons. The van der Waals surface area contributed by atoms with Crippen molar-refractivity contribution < 1.29 is 38.1 Å². The molecule has 0 N–H and O–H groups in total. The molecular formula is C16H18O8. The van der Waals surface area contributed by atoms with E-state index < -0.39 is 47.9 Å². The number of hydrogen-bond acceptors (Lipinski definition) is 8. The molecule has 0 saturated carbocycles. The van der Waals surface area contributed by atoms with Gasteiger partial charge in [0, 0.05) is 13.8 Å². The summed E-state index contributed by atoms with van der Waals surface area (Å²) in [4.78, 5) is 47.2. The normalized spacial score (nSPS) is 27.5. The van der Waals surface area contributed by atoms with E-state index in [1.807, 2.05) is 0 Å². The van der Waals surface area contributed by atoms with E-state index in [0.717, 1.165) is 0 Å². The number of hydrogen-bond donors (Lipinski definition) is 0. The molecule has 0 aromatic carbocycles. The summed E-state index contributed by atoms with van der Waals surface area (Å²) in [5.41, 5.74) is 0.0954. The maximum Gasteiger partial charge on any atom is 0.335 e. The topological polar surface area (TPSA) is 105 Å². The minimum absolute atomic E-state index is 0.0477. The van der Waals surface area contributed by atoms with Gasteiger partial charge < -0.3 is 18.9 Å². The molecule has 3 aliphatic carbocycles. The van der Waals surface area contributed by atoms with Gasteiger partial charge in [0.15, 0.2) is 0 Å². The van der Waals surface area contributed by atoms with E-state index >= 15 is 0 Å². The lowest BCUT2D eigenvalue weighted by Crippen LogP contribution is -2.53. The Balaban J connectivity index is 2.58. The number of ether oxygens (including phenoxy) is 4. The van der Waals surface area contributed by atoms with E-state index in [2.05, 4.69) is 0 Å². The monoisotopic (exact) mass is 338 g/mol. The Morgan fingerprint density at radius 1 is 0.750 bits per heavy atom. The number of esters is 4. The van der Waals surface area contributed by atoms with Gasteiger partial charge in [-0.05, 0) is 0 Å². The van der Waals surface area contributed by atoms with Crippen LogP contribution in [0.5, 0.6) is 0 Å². The van der Waals surface area contributed by atoms with Crippen LogP contribution in [0.25, 0.3) is 0 Å². The lowest BCUT2D eigenvalue weighted by atomic mass is 9.67. The Kier molecular flexibility index (Phi) is 5.06. The quantitative estimate of drug-likeness (QED) is 0.410. The van der Waals surface area contributed by atoms with Gasteiger partial charge in [-0.25, -0.2) is 9.59 Å². The molecule has 3 rings (SSSR count). The lowest BCUT2D eigenvalue weighted by Gasteiger charge is -2.43. The molecule has 0 aromatic rings. The summed E-state index contributed by atoms with van der Waals surface area (Å²) in [6.45, 7) is 2.42. The molecule has 24 heavy (non-hydrogen) atoms. The van der Waals surface area contributed by atoms with Crippen LogP contribution in [0.15, 0.2) is 23.3 Å². The predicted octanol–water partition coefficient (Wildman–Crippen LogP) is 0.308. The zero-order chi connectivity index (χ0) is 18.0. The zero-order valence-electron chi connectivity index (χ0n) is 13.7. The molecule has 0 spiro atoms. The van der Waals surface area contributed by atoms with Gasteiger partial charge in [-0.1, -0.05) is 12.2 Å². The Bertz CT molecular complexity index is 590. The molecule has 3 aliphatic rings. The summed E-state index contributed by atoms with van der Waals surface area (Å²) >= 11 is 0. The number of carbonyl (C=O) groups excluding carboxylic acids is 4. The minimum Gasteiger partial charge on any atom is -0.466 e. The summed E-state index contributed by atoms with van der Waals surface area (Å²) in [5.74, 6) is -4.19. The first kappa shape index (κ1) is 17.7. The van der Waals surface area contributed by atoms with Crippen LogP contribution in [-0.4, -0.2) is 50.3 Å². The summed E-state index contributed by atoms with van der Waals surface area (Å²) < 4.78 is 20.0. The molecule has 8 nitrogen and oxygen atoms in total. The van der Waals surface area contributed by atoms with Crippen molar-refractivity contribution in [3.63, 3.8) is 0 Å². The molecule has 0 aromatic heterocycles. The van der Waals surface area contributed by atoms with E-state index in [4.69, 9.17) is 18.9 Å². The average molecular weight is 338 g/mol. The standard InChI is InChI=1S/C16H18O8/c1-7(17)23-13-9-5-6-10(14(13)24-8(2)18)12(16(20)22-4)11(9)15(19)21-3/h5-6,9-10,13-14H,1-4H3/t9-,10+,13-,14-/m1/s1. The van der Waals surface area contributed by atoms with Crippen LogP contribution >= 0.6 is 0 Å². The molecule has 8 heteroatoms. The van der Waals surface area contributed by atoms with Crippen LogP contribution in [0.4, 0.5) is 0 Å². The van der Waals surface area contributed by atoms with Crippen LogP contribution in [0.2, 0.25) is 0 Å². The number of rotatable bonds is 4. The van der Waals surface area contributed by atoms with E-state index in [-0.39, 0.29) is 11.1 Å². The fourth-order valence-electron chi connectivity index (χ4n) is 3.12.